The number of piperidine rings is 1. The van der Waals surface area contributed by atoms with E-state index >= 15 is 0 Å². The number of rotatable bonds is 2. The van der Waals surface area contributed by atoms with Crippen molar-refractivity contribution < 1.29 is 14.3 Å². The van der Waals surface area contributed by atoms with Gasteiger partial charge in [-0.2, -0.15) is 0 Å². The molecule has 144 valence electrons. The summed E-state index contributed by atoms with van der Waals surface area (Å²) in [7, 11) is 3.09. The molecule has 2 aliphatic heterocycles. The number of hydrogen-bond acceptors (Lipinski definition) is 5. The highest BCUT2D eigenvalue weighted by atomic mass is 16.5. The Bertz CT molecular complexity index is 675. The molecule has 2 N–H and O–H groups in total. The first-order valence-corrected chi connectivity index (χ1v) is 9.25. The largest absolute Gasteiger partial charge is 0.495 e. The number of anilines is 2. The molecule has 3 rings (SSSR count). The molecule has 0 bridgehead atoms. The van der Waals surface area contributed by atoms with Crippen molar-refractivity contribution in [1.29, 1.82) is 0 Å². The Kier molecular flexibility index (Phi) is 4.71. The number of benzene rings is 1. The zero-order chi connectivity index (χ0) is 19.1. The molecule has 1 amide bonds. The molecule has 1 unspecified atom stereocenters. The van der Waals surface area contributed by atoms with Crippen LogP contribution in [-0.2, 0) is 4.74 Å². The number of nitrogens with two attached hydrogens (primary N) is 1. The van der Waals surface area contributed by atoms with Crippen LogP contribution in [0, 0.1) is 10.8 Å². The highest BCUT2D eigenvalue weighted by Gasteiger charge is 2.59. The van der Waals surface area contributed by atoms with Crippen LogP contribution >= 0.6 is 0 Å². The quantitative estimate of drug-likeness (QED) is 0.818. The van der Waals surface area contributed by atoms with Crippen LogP contribution in [-0.4, -0.2) is 50.9 Å². The van der Waals surface area contributed by atoms with Gasteiger partial charge in [-0.25, -0.2) is 4.79 Å². The van der Waals surface area contributed by atoms with Crippen molar-refractivity contribution in [3.05, 3.63) is 18.2 Å². The molecule has 2 fully saturated rings. The molecule has 2 aliphatic rings. The molecule has 2 heterocycles. The summed E-state index contributed by atoms with van der Waals surface area (Å²) in [4.78, 5) is 16.4. The lowest BCUT2D eigenvalue weighted by Crippen LogP contribution is -2.72. The lowest BCUT2D eigenvalue weighted by molar-refractivity contribution is -0.121. The third-order valence-corrected chi connectivity index (χ3v) is 5.94. The molecule has 2 saturated heterocycles. The van der Waals surface area contributed by atoms with Crippen LogP contribution in [0.25, 0.3) is 0 Å². The second-order valence-corrected chi connectivity index (χ2v) is 8.64. The normalized spacial score (nSPS) is 22.1. The van der Waals surface area contributed by atoms with Crippen molar-refractivity contribution in [2.24, 2.45) is 10.8 Å². The van der Waals surface area contributed by atoms with E-state index in [1.807, 2.05) is 17.0 Å². The second-order valence-electron chi connectivity index (χ2n) is 8.64. The molecular formula is C20H31N3O3. The average molecular weight is 361 g/mol. The van der Waals surface area contributed by atoms with E-state index < -0.39 is 0 Å². The van der Waals surface area contributed by atoms with Gasteiger partial charge >= 0.3 is 6.09 Å². The molecule has 26 heavy (non-hydrogen) atoms. The van der Waals surface area contributed by atoms with Gasteiger partial charge in [-0.15, -0.1) is 0 Å². The molecule has 0 aromatic heterocycles. The van der Waals surface area contributed by atoms with Crippen molar-refractivity contribution in [1.82, 2.24) is 4.90 Å². The maximum absolute atomic E-state index is 12.1. The van der Waals surface area contributed by atoms with Crippen LogP contribution < -0.4 is 15.4 Å². The van der Waals surface area contributed by atoms with Crippen molar-refractivity contribution >= 4 is 17.5 Å². The van der Waals surface area contributed by atoms with E-state index in [1.165, 1.54) is 7.11 Å². The van der Waals surface area contributed by atoms with Gasteiger partial charge < -0.3 is 25.0 Å². The van der Waals surface area contributed by atoms with Crippen LogP contribution in [0.15, 0.2) is 18.2 Å². The number of carbonyl (C=O) groups is 1. The first kappa shape index (κ1) is 18.7. The highest BCUT2D eigenvalue weighted by Crippen LogP contribution is 2.53. The topological polar surface area (TPSA) is 68.0 Å². The van der Waals surface area contributed by atoms with E-state index in [2.05, 4.69) is 31.7 Å². The number of amides is 1. The maximum Gasteiger partial charge on any atom is 0.409 e. The summed E-state index contributed by atoms with van der Waals surface area (Å²) >= 11 is 0. The minimum atomic E-state index is -0.207. The third kappa shape index (κ3) is 3.06. The summed E-state index contributed by atoms with van der Waals surface area (Å²) in [5, 5.41) is 0. The zero-order valence-electron chi connectivity index (χ0n) is 16.5. The summed E-state index contributed by atoms with van der Waals surface area (Å²) in [6.45, 7) is 9.36. The van der Waals surface area contributed by atoms with E-state index in [0.717, 1.165) is 38.2 Å². The molecule has 1 atom stereocenters. The fourth-order valence-corrected chi connectivity index (χ4v) is 4.97. The van der Waals surface area contributed by atoms with E-state index in [9.17, 15) is 4.79 Å². The number of nitrogens with zero attached hydrogens (tertiary/aromatic N) is 2. The summed E-state index contributed by atoms with van der Waals surface area (Å²) in [5.41, 5.74) is 8.07. The average Bonchev–Trinajstić information content (AvgIpc) is 2.58. The van der Waals surface area contributed by atoms with Crippen LogP contribution in [0.1, 0.15) is 33.6 Å². The number of carbonyl (C=O) groups excluding carboxylic acids is 1. The van der Waals surface area contributed by atoms with Gasteiger partial charge in [0.1, 0.15) is 5.75 Å². The van der Waals surface area contributed by atoms with Gasteiger partial charge in [-0.05, 0) is 36.5 Å². The summed E-state index contributed by atoms with van der Waals surface area (Å²) < 4.78 is 10.2. The van der Waals surface area contributed by atoms with Crippen molar-refractivity contribution in [3.63, 3.8) is 0 Å². The number of hydrogen-bond donors (Lipinski definition) is 1. The minimum Gasteiger partial charge on any atom is -0.495 e. The highest BCUT2D eigenvalue weighted by molar-refractivity contribution is 5.70. The first-order valence-electron chi connectivity index (χ1n) is 9.25. The smallest absolute Gasteiger partial charge is 0.409 e. The molecular weight excluding hydrogens is 330 g/mol. The first-order chi connectivity index (χ1) is 12.2. The SMILES string of the molecule is COC(=O)N1CC2(CCN(c3ccc(OC)c(N)c3)CC2)C1C(C)(C)C. The Morgan fingerprint density at radius 1 is 1.23 bits per heavy atom. The predicted octanol–water partition coefficient (Wildman–Crippen LogP) is 3.36. The molecule has 1 aromatic rings. The molecule has 1 aromatic carbocycles. The Hall–Kier alpha value is -2.11. The Balaban J connectivity index is 1.73. The van der Waals surface area contributed by atoms with Gasteiger partial charge in [0, 0.05) is 36.8 Å². The van der Waals surface area contributed by atoms with Crippen LogP contribution in [0.5, 0.6) is 5.75 Å². The lowest BCUT2D eigenvalue weighted by atomic mass is 9.58. The molecule has 6 nitrogen and oxygen atoms in total. The predicted molar refractivity (Wildman–Crippen MR) is 104 cm³/mol. The Morgan fingerprint density at radius 2 is 1.88 bits per heavy atom. The minimum absolute atomic E-state index is 0.0269. The van der Waals surface area contributed by atoms with E-state index in [0.29, 0.717) is 11.4 Å². The molecule has 0 aliphatic carbocycles. The van der Waals surface area contributed by atoms with Crippen LogP contribution in [0.3, 0.4) is 0 Å². The number of likely N-dealkylation sites (tertiary alicyclic amines) is 1. The molecule has 0 radical (unpaired) electrons. The second kappa shape index (κ2) is 6.56. The van der Waals surface area contributed by atoms with Gasteiger partial charge in [0.15, 0.2) is 0 Å². The van der Waals surface area contributed by atoms with Gasteiger partial charge in [0.2, 0.25) is 0 Å². The van der Waals surface area contributed by atoms with Gasteiger partial charge in [0.05, 0.1) is 19.9 Å². The Labute approximate surface area is 156 Å². The van der Waals surface area contributed by atoms with Crippen molar-refractivity contribution in [3.8, 4) is 5.75 Å². The van der Waals surface area contributed by atoms with Gasteiger partial charge in [-0.3, -0.25) is 0 Å². The van der Waals surface area contributed by atoms with Crippen LogP contribution in [0.2, 0.25) is 0 Å². The fraction of sp³-hybridized carbons (Fsp3) is 0.650. The number of methoxy groups -OCH3 is 2. The fourth-order valence-electron chi connectivity index (χ4n) is 4.97. The monoisotopic (exact) mass is 361 g/mol. The number of ether oxygens (including phenoxy) is 2. The summed E-state index contributed by atoms with van der Waals surface area (Å²) in [5.74, 6) is 0.711. The van der Waals surface area contributed by atoms with E-state index in [4.69, 9.17) is 15.2 Å². The zero-order valence-corrected chi connectivity index (χ0v) is 16.5. The number of nitrogen functional groups attached to an aromatic ring is 1. The molecule has 1 spiro atoms. The van der Waals surface area contributed by atoms with Crippen molar-refractivity contribution in [2.45, 2.75) is 39.7 Å². The standard InChI is InChI=1S/C20H31N3O3/c1-19(2,3)17-20(13-23(17)18(24)26-5)8-10-22(11-9-20)14-6-7-16(25-4)15(21)12-14/h6-7,12,17H,8-11,13,21H2,1-5H3. The summed E-state index contributed by atoms with van der Waals surface area (Å²) in [6.07, 6.45) is 1.92. The third-order valence-electron chi connectivity index (χ3n) is 5.94. The van der Waals surface area contributed by atoms with E-state index in [-0.39, 0.29) is 23.0 Å². The van der Waals surface area contributed by atoms with Gasteiger partial charge in [-0.1, -0.05) is 20.8 Å². The van der Waals surface area contributed by atoms with Crippen molar-refractivity contribution in [2.75, 3.05) is 44.5 Å². The summed E-state index contributed by atoms with van der Waals surface area (Å²) in [6, 6.07) is 6.19. The van der Waals surface area contributed by atoms with E-state index in [1.54, 1.807) is 7.11 Å². The van der Waals surface area contributed by atoms with Gasteiger partial charge in [0.25, 0.3) is 0 Å². The molecule has 6 heteroatoms. The molecule has 0 saturated carbocycles. The Morgan fingerprint density at radius 3 is 2.38 bits per heavy atom. The van der Waals surface area contributed by atoms with Crippen LogP contribution in [0.4, 0.5) is 16.2 Å². The lowest BCUT2D eigenvalue weighted by Gasteiger charge is -2.63. The maximum atomic E-state index is 12.1.